The van der Waals surface area contributed by atoms with Crippen LogP contribution in [0.2, 0.25) is 0 Å². The lowest BCUT2D eigenvalue weighted by Crippen LogP contribution is -2.45. The molecule has 0 saturated heterocycles. The van der Waals surface area contributed by atoms with E-state index in [4.69, 9.17) is 12.2 Å². The van der Waals surface area contributed by atoms with Crippen molar-refractivity contribution in [3.05, 3.63) is 108 Å². The van der Waals surface area contributed by atoms with Gasteiger partial charge in [0.2, 0.25) is 0 Å². The third kappa shape index (κ3) is 4.60. The summed E-state index contributed by atoms with van der Waals surface area (Å²) in [6, 6.07) is 29.6. The molecular weight excluding hydrogens is 352 g/mol. The van der Waals surface area contributed by atoms with Crippen molar-refractivity contribution in [3.63, 3.8) is 0 Å². The zero-order chi connectivity index (χ0) is 19.1. The number of carbonyl (C=O) groups is 1. The molecule has 3 rings (SSSR count). The number of rotatable bonds is 5. The molecule has 0 heterocycles. The maximum atomic E-state index is 12.3. The highest BCUT2D eigenvalue weighted by Crippen LogP contribution is 2.31. The molecule has 0 saturated carbocycles. The molecule has 4 heteroatoms. The van der Waals surface area contributed by atoms with E-state index in [9.17, 15) is 4.79 Å². The van der Waals surface area contributed by atoms with Gasteiger partial charge in [-0.25, -0.2) is 0 Å². The second-order valence-corrected chi connectivity index (χ2v) is 6.98. The van der Waals surface area contributed by atoms with Crippen LogP contribution in [0, 0.1) is 0 Å². The summed E-state index contributed by atoms with van der Waals surface area (Å²) in [5, 5.41) is 6.29. The van der Waals surface area contributed by atoms with Crippen molar-refractivity contribution < 1.29 is 4.79 Å². The number of thiocarbonyl (C=S) groups is 1. The van der Waals surface area contributed by atoms with Crippen molar-refractivity contribution in [3.8, 4) is 0 Å². The fourth-order valence-electron chi connectivity index (χ4n) is 3.05. The first kappa shape index (κ1) is 18.8. The fourth-order valence-corrected chi connectivity index (χ4v) is 3.21. The molecule has 2 N–H and O–H groups in total. The van der Waals surface area contributed by atoms with E-state index in [0.29, 0.717) is 17.2 Å². The van der Waals surface area contributed by atoms with Gasteiger partial charge in [0, 0.05) is 17.5 Å². The lowest BCUT2D eigenvalue weighted by molar-refractivity contribution is 0.0976. The first-order valence-corrected chi connectivity index (χ1v) is 9.26. The minimum absolute atomic E-state index is 0.214. The topological polar surface area (TPSA) is 41.1 Å². The normalized spacial score (nSPS) is 10.9. The van der Waals surface area contributed by atoms with Gasteiger partial charge in [-0.15, -0.1) is 0 Å². The van der Waals surface area contributed by atoms with Crippen LogP contribution in [0.15, 0.2) is 91.0 Å². The molecular formula is C23H22N2OS. The van der Waals surface area contributed by atoms with Crippen LogP contribution in [0.25, 0.3) is 0 Å². The highest BCUT2D eigenvalue weighted by Gasteiger charge is 2.29. The Morgan fingerprint density at radius 1 is 0.815 bits per heavy atom. The summed E-state index contributed by atoms with van der Waals surface area (Å²) in [5.74, 6) is -0.214. The summed E-state index contributed by atoms with van der Waals surface area (Å²) in [5.41, 5.74) is 2.65. The van der Waals surface area contributed by atoms with E-state index >= 15 is 0 Å². The molecule has 0 fully saturated rings. The Hall–Kier alpha value is -2.98. The van der Waals surface area contributed by atoms with E-state index in [0.717, 1.165) is 0 Å². The molecule has 0 bridgehead atoms. The van der Waals surface area contributed by atoms with Gasteiger partial charge in [0.05, 0.1) is 0 Å². The van der Waals surface area contributed by atoms with Crippen LogP contribution in [0.5, 0.6) is 0 Å². The average molecular weight is 375 g/mol. The van der Waals surface area contributed by atoms with Gasteiger partial charge in [-0.05, 0) is 42.4 Å². The molecule has 0 unspecified atom stereocenters. The summed E-state index contributed by atoms with van der Waals surface area (Å²) >= 11 is 5.36. The molecule has 3 aromatic carbocycles. The molecule has 0 spiro atoms. The molecule has 0 atom stereocenters. The molecule has 1 amide bonds. The molecule has 0 aliphatic heterocycles. The quantitative estimate of drug-likeness (QED) is 0.655. The Bertz CT molecular complexity index is 856. The van der Waals surface area contributed by atoms with Crippen LogP contribution in [0.3, 0.4) is 0 Å². The second kappa shape index (κ2) is 8.60. The molecule has 3 aromatic rings. The summed E-state index contributed by atoms with van der Waals surface area (Å²) < 4.78 is 0. The third-order valence-corrected chi connectivity index (χ3v) is 4.93. The predicted molar refractivity (Wildman–Crippen MR) is 114 cm³/mol. The summed E-state index contributed by atoms with van der Waals surface area (Å²) in [7, 11) is 0. The Balaban J connectivity index is 1.74. The number of carbonyl (C=O) groups excluding carboxylic acids is 1. The maximum Gasteiger partial charge on any atom is 0.257 e. The smallest absolute Gasteiger partial charge is 0.257 e. The van der Waals surface area contributed by atoms with Gasteiger partial charge in [-0.1, -0.05) is 78.9 Å². The van der Waals surface area contributed by atoms with E-state index < -0.39 is 0 Å². The van der Waals surface area contributed by atoms with Gasteiger partial charge in [0.1, 0.15) is 0 Å². The van der Waals surface area contributed by atoms with E-state index in [1.807, 2.05) is 54.6 Å². The standard InChI is InChI=1S/C23H22N2OS/c1-23(19-13-7-3-8-14-19,20-15-9-4-10-16-20)17-24-22(27)25-21(26)18-11-5-2-6-12-18/h2-16H,17H2,1H3,(H2,24,25,26,27). The molecule has 0 radical (unpaired) electrons. The number of hydrogen-bond donors (Lipinski definition) is 2. The first-order valence-electron chi connectivity index (χ1n) is 8.85. The molecule has 0 aliphatic carbocycles. The maximum absolute atomic E-state index is 12.3. The minimum atomic E-state index is -0.288. The van der Waals surface area contributed by atoms with Crippen LogP contribution in [-0.2, 0) is 5.41 Å². The number of nitrogens with one attached hydrogen (secondary N) is 2. The lowest BCUT2D eigenvalue weighted by atomic mass is 9.76. The predicted octanol–water partition coefficient (Wildman–Crippen LogP) is 4.30. The zero-order valence-electron chi connectivity index (χ0n) is 15.2. The van der Waals surface area contributed by atoms with Crippen molar-refractivity contribution in [1.29, 1.82) is 0 Å². The first-order chi connectivity index (χ1) is 13.1. The largest absolute Gasteiger partial charge is 0.361 e. The fraction of sp³-hybridized carbons (Fsp3) is 0.130. The summed E-state index contributed by atoms with van der Waals surface area (Å²) in [6.07, 6.45) is 0. The Morgan fingerprint density at radius 3 is 1.74 bits per heavy atom. The monoisotopic (exact) mass is 374 g/mol. The highest BCUT2D eigenvalue weighted by atomic mass is 32.1. The van der Waals surface area contributed by atoms with Crippen LogP contribution < -0.4 is 10.6 Å². The molecule has 3 nitrogen and oxygen atoms in total. The van der Waals surface area contributed by atoms with Crippen LogP contribution >= 0.6 is 12.2 Å². The van der Waals surface area contributed by atoms with Gasteiger partial charge in [0.25, 0.3) is 5.91 Å². The van der Waals surface area contributed by atoms with Crippen molar-refractivity contribution in [1.82, 2.24) is 10.6 Å². The van der Waals surface area contributed by atoms with Crippen molar-refractivity contribution in [2.24, 2.45) is 0 Å². The van der Waals surface area contributed by atoms with Gasteiger partial charge in [0.15, 0.2) is 5.11 Å². The van der Waals surface area contributed by atoms with E-state index in [-0.39, 0.29) is 11.3 Å². The zero-order valence-corrected chi connectivity index (χ0v) is 16.0. The summed E-state index contributed by atoms with van der Waals surface area (Å²) in [6.45, 7) is 2.74. The second-order valence-electron chi connectivity index (χ2n) is 6.57. The highest BCUT2D eigenvalue weighted by molar-refractivity contribution is 7.80. The molecule has 27 heavy (non-hydrogen) atoms. The van der Waals surface area contributed by atoms with Gasteiger partial charge in [-0.2, -0.15) is 0 Å². The number of benzene rings is 3. The lowest BCUT2D eigenvalue weighted by Gasteiger charge is -2.31. The summed E-state index contributed by atoms with van der Waals surface area (Å²) in [4.78, 5) is 12.3. The Labute approximate surface area is 165 Å². The Kier molecular flexibility index (Phi) is 5.99. The van der Waals surface area contributed by atoms with Crippen molar-refractivity contribution in [2.75, 3.05) is 6.54 Å². The van der Waals surface area contributed by atoms with E-state index in [1.54, 1.807) is 12.1 Å². The van der Waals surface area contributed by atoms with E-state index in [1.165, 1.54) is 11.1 Å². The Morgan fingerprint density at radius 2 is 1.26 bits per heavy atom. The van der Waals surface area contributed by atoms with Gasteiger partial charge >= 0.3 is 0 Å². The van der Waals surface area contributed by atoms with Crippen molar-refractivity contribution >= 4 is 23.2 Å². The van der Waals surface area contributed by atoms with Crippen LogP contribution in [0.4, 0.5) is 0 Å². The molecule has 136 valence electrons. The van der Waals surface area contributed by atoms with Crippen LogP contribution in [0.1, 0.15) is 28.4 Å². The van der Waals surface area contributed by atoms with E-state index in [2.05, 4.69) is 41.8 Å². The van der Waals surface area contributed by atoms with Gasteiger partial charge in [-0.3, -0.25) is 10.1 Å². The number of amides is 1. The SMILES string of the molecule is CC(CNC(=S)NC(=O)c1ccccc1)(c1ccccc1)c1ccccc1. The molecule has 0 aliphatic rings. The number of hydrogen-bond acceptors (Lipinski definition) is 2. The molecule has 0 aromatic heterocycles. The van der Waals surface area contributed by atoms with Crippen molar-refractivity contribution in [2.45, 2.75) is 12.3 Å². The average Bonchev–Trinajstić information content (AvgIpc) is 2.74. The van der Waals surface area contributed by atoms with Gasteiger partial charge < -0.3 is 5.32 Å². The minimum Gasteiger partial charge on any atom is -0.361 e. The van der Waals surface area contributed by atoms with Crippen LogP contribution in [-0.4, -0.2) is 17.6 Å². The third-order valence-electron chi connectivity index (χ3n) is 4.69.